The van der Waals surface area contributed by atoms with Crippen molar-refractivity contribution in [2.45, 2.75) is 27.3 Å². The van der Waals surface area contributed by atoms with E-state index in [1.165, 1.54) is 0 Å². The van der Waals surface area contributed by atoms with Crippen LogP contribution < -0.4 is 5.32 Å². The normalized spacial score (nSPS) is 10.6. The van der Waals surface area contributed by atoms with E-state index in [1.54, 1.807) is 26.2 Å². The molecule has 0 saturated heterocycles. The molecule has 0 aliphatic heterocycles. The Bertz CT molecular complexity index is 432. The number of carbonyl (C=O) groups is 1. The van der Waals surface area contributed by atoms with Crippen LogP contribution in [0.3, 0.4) is 0 Å². The molecule has 0 spiro atoms. The minimum absolute atomic E-state index is 0.258. The predicted molar refractivity (Wildman–Crippen MR) is 60.2 cm³/mol. The summed E-state index contributed by atoms with van der Waals surface area (Å²) < 4.78 is 0. The molecular formula is C12H15N3O. The lowest BCUT2D eigenvalue weighted by Crippen LogP contribution is -2.35. The van der Waals surface area contributed by atoms with E-state index in [0.29, 0.717) is 6.54 Å². The summed E-state index contributed by atoms with van der Waals surface area (Å²) in [6, 6.07) is 3.82. The molecule has 0 aromatic carbocycles. The summed E-state index contributed by atoms with van der Waals surface area (Å²) in [5, 5.41) is 11.5. The van der Waals surface area contributed by atoms with Crippen LogP contribution in [0, 0.1) is 23.7 Å². The number of aromatic nitrogens is 1. The Morgan fingerprint density at radius 2 is 2.31 bits per heavy atom. The Balaban J connectivity index is 2.64. The van der Waals surface area contributed by atoms with Crippen LogP contribution in [0.15, 0.2) is 18.5 Å². The summed E-state index contributed by atoms with van der Waals surface area (Å²) in [5.41, 5.74) is 1.05. The zero-order valence-electron chi connectivity index (χ0n) is 9.74. The fourth-order valence-electron chi connectivity index (χ4n) is 1.15. The SMILES string of the molecule is Cc1cnccc1CNC(=O)C(C)(C)C#N. The molecule has 1 N–H and O–H groups in total. The van der Waals surface area contributed by atoms with Crippen LogP contribution in [-0.2, 0) is 11.3 Å². The smallest absolute Gasteiger partial charge is 0.240 e. The van der Waals surface area contributed by atoms with Gasteiger partial charge in [0.05, 0.1) is 6.07 Å². The monoisotopic (exact) mass is 217 g/mol. The van der Waals surface area contributed by atoms with E-state index in [0.717, 1.165) is 11.1 Å². The molecule has 1 rings (SSSR count). The van der Waals surface area contributed by atoms with Crippen LogP contribution in [0.25, 0.3) is 0 Å². The molecular weight excluding hydrogens is 202 g/mol. The van der Waals surface area contributed by atoms with Crippen molar-refractivity contribution < 1.29 is 4.79 Å². The molecule has 0 fully saturated rings. The highest BCUT2D eigenvalue weighted by molar-refractivity contribution is 5.84. The fraction of sp³-hybridized carbons (Fsp3) is 0.417. The molecule has 4 nitrogen and oxygen atoms in total. The maximum Gasteiger partial charge on any atom is 0.240 e. The Hall–Kier alpha value is -1.89. The van der Waals surface area contributed by atoms with Crippen molar-refractivity contribution in [1.82, 2.24) is 10.3 Å². The van der Waals surface area contributed by atoms with Crippen molar-refractivity contribution in [3.8, 4) is 6.07 Å². The number of amides is 1. The van der Waals surface area contributed by atoms with Gasteiger partial charge in [-0.3, -0.25) is 9.78 Å². The summed E-state index contributed by atoms with van der Waals surface area (Å²) in [4.78, 5) is 15.6. The lowest BCUT2D eigenvalue weighted by Gasteiger charge is -2.15. The number of hydrogen-bond acceptors (Lipinski definition) is 3. The third kappa shape index (κ3) is 2.80. The van der Waals surface area contributed by atoms with Gasteiger partial charge < -0.3 is 5.32 Å². The van der Waals surface area contributed by atoms with Gasteiger partial charge in [-0.15, -0.1) is 0 Å². The average Bonchev–Trinajstić information content (AvgIpc) is 2.27. The number of pyridine rings is 1. The van der Waals surface area contributed by atoms with Gasteiger partial charge in [0.2, 0.25) is 5.91 Å². The first kappa shape index (κ1) is 12.2. The lowest BCUT2D eigenvalue weighted by molar-refractivity contribution is -0.126. The Kier molecular flexibility index (Phi) is 3.62. The van der Waals surface area contributed by atoms with Crippen LogP contribution in [0.4, 0.5) is 0 Å². The lowest BCUT2D eigenvalue weighted by atomic mass is 9.94. The third-order valence-electron chi connectivity index (χ3n) is 2.42. The van der Waals surface area contributed by atoms with Crippen molar-refractivity contribution in [3.05, 3.63) is 29.6 Å². The van der Waals surface area contributed by atoms with Gasteiger partial charge in [0.15, 0.2) is 0 Å². The molecule has 0 aliphatic carbocycles. The number of nitriles is 1. The molecule has 0 unspecified atom stereocenters. The molecule has 0 aliphatic rings. The van der Waals surface area contributed by atoms with Crippen molar-refractivity contribution >= 4 is 5.91 Å². The molecule has 84 valence electrons. The molecule has 4 heteroatoms. The Morgan fingerprint density at radius 1 is 1.62 bits per heavy atom. The molecule has 1 aromatic rings. The number of carbonyl (C=O) groups excluding carboxylic acids is 1. The van der Waals surface area contributed by atoms with E-state index in [4.69, 9.17) is 5.26 Å². The second-order valence-electron chi connectivity index (χ2n) is 4.22. The number of hydrogen-bond donors (Lipinski definition) is 1. The summed E-state index contributed by atoms with van der Waals surface area (Å²) >= 11 is 0. The van der Waals surface area contributed by atoms with Crippen LogP contribution >= 0.6 is 0 Å². The Morgan fingerprint density at radius 3 is 2.88 bits per heavy atom. The van der Waals surface area contributed by atoms with Crippen LogP contribution in [0.2, 0.25) is 0 Å². The van der Waals surface area contributed by atoms with E-state index in [-0.39, 0.29) is 5.91 Å². The van der Waals surface area contributed by atoms with Crippen LogP contribution in [0.1, 0.15) is 25.0 Å². The summed E-state index contributed by atoms with van der Waals surface area (Å²) in [7, 11) is 0. The molecule has 0 atom stereocenters. The predicted octanol–water partition coefficient (Wildman–Crippen LogP) is 1.56. The Labute approximate surface area is 95.3 Å². The first-order valence-electron chi connectivity index (χ1n) is 5.06. The zero-order chi connectivity index (χ0) is 12.2. The van der Waals surface area contributed by atoms with Gasteiger partial charge in [0, 0.05) is 18.9 Å². The second-order valence-corrected chi connectivity index (χ2v) is 4.22. The first-order valence-corrected chi connectivity index (χ1v) is 5.06. The van der Waals surface area contributed by atoms with E-state index in [9.17, 15) is 4.79 Å². The summed E-state index contributed by atoms with van der Waals surface area (Å²) in [6.07, 6.45) is 3.43. The maximum absolute atomic E-state index is 11.6. The minimum Gasteiger partial charge on any atom is -0.351 e. The van der Waals surface area contributed by atoms with Crippen molar-refractivity contribution in [2.75, 3.05) is 0 Å². The fourth-order valence-corrected chi connectivity index (χ4v) is 1.15. The highest BCUT2D eigenvalue weighted by atomic mass is 16.2. The highest BCUT2D eigenvalue weighted by Gasteiger charge is 2.26. The van der Waals surface area contributed by atoms with Crippen molar-refractivity contribution in [2.24, 2.45) is 5.41 Å². The zero-order valence-corrected chi connectivity index (χ0v) is 9.74. The molecule has 1 heterocycles. The minimum atomic E-state index is -0.985. The molecule has 1 amide bonds. The van der Waals surface area contributed by atoms with Gasteiger partial charge in [-0.2, -0.15) is 5.26 Å². The summed E-state index contributed by atoms with van der Waals surface area (Å²) in [5.74, 6) is -0.258. The van der Waals surface area contributed by atoms with Gasteiger partial charge >= 0.3 is 0 Å². The molecule has 16 heavy (non-hydrogen) atoms. The molecule has 0 saturated carbocycles. The van der Waals surface area contributed by atoms with Crippen molar-refractivity contribution in [1.29, 1.82) is 5.26 Å². The van der Waals surface area contributed by atoms with E-state index < -0.39 is 5.41 Å². The van der Waals surface area contributed by atoms with Gasteiger partial charge in [0.1, 0.15) is 5.41 Å². The van der Waals surface area contributed by atoms with Crippen molar-refractivity contribution in [3.63, 3.8) is 0 Å². The van der Waals surface area contributed by atoms with E-state index >= 15 is 0 Å². The largest absolute Gasteiger partial charge is 0.351 e. The maximum atomic E-state index is 11.6. The number of rotatable bonds is 3. The standard InChI is InChI=1S/C12H15N3O/c1-9-6-14-5-4-10(9)7-15-11(16)12(2,3)8-13/h4-6H,7H2,1-3H3,(H,15,16). The second kappa shape index (κ2) is 4.75. The highest BCUT2D eigenvalue weighted by Crippen LogP contribution is 2.13. The number of nitrogens with one attached hydrogen (secondary N) is 1. The molecule has 1 aromatic heterocycles. The number of nitrogens with zero attached hydrogens (tertiary/aromatic N) is 2. The van der Waals surface area contributed by atoms with Crippen LogP contribution in [-0.4, -0.2) is 10.9 Å². The van der Waals surface area contributed by atoms with E-state index in [2.05, 4.69) is 10.3 Å². The van der Waals surface area contributed by atoms with E-state index in [1.807, 2.05) is 19.1 Å². The third-order valence-corrected chi connectivity index (χ3v) is 2.42. The number of aryl methyl sites for hydroxylation is 1. The summed E-state index contributed by atoms with van der Waals surface area (Å²) in [6.45, 7) is 5.56. The van der Waals surface area contributed by atoms with Gasteiger partial charge in [-0.05, 0) is 38.0 Å². The molecule has 0 bridgehead atoms. The topological polar surface area (TPSA) is 65.8 Å². The average molecular weight is 217 g/mol. The van der Waals surface area contributed by atoms with Gasteiger partial charge in [-0.25, -0.2) is 0 Å². The molecule has 0 radical (unpaired) electrons. The van der Waals surface area contributed by atoms with Gasteiger partial charge in [0.25, 0.3) is 0 Å². The first-order chi connectivity index (χ1) is 7.47. The van der Waals surface area contributed by atoms with Crippen LogP contribution in [0.5, 0.6) is 0 Å². The van der Waals surface area contributed by atoms with Gasteiger partial charge in [-0.1, -0.05) is 0 Å². The quantitative estimate of drug-likeness (QED) is 0.835.